The predicted octanol–water partition coefficient (Wildman–Crippen LogP) is 2.13. The fourth-order valence-corrected chi connectivity index (χ4v) is 1.11. The van der Waals surface area contributed by atoms with Crippen molar-refractivity contribution in [2.75, 3.05) is 7.11 Å². The summed E-state index contributed by atoms with van der Waals surface area (Å²) < 4.78 is 4.50. The molecule has 0 unspecified atom stereocenters. The second-order valence-corrected chi connectivity index (χ2v) is 2.91. The molecule has 0 aliphatic rings. The highest BCUT2D eigenvalue weighted by Crippen LogP contribution is 2.10. The van der Waals surface area contributed by atoms with Crippen LogP contribution < -0.4 is 0 Å². The van der Waals surface area contributed by atoms with E-state index in [1.807, 2.05) is 30.3 Å². The highest BCUT2D eigenvalue weighted by atomic mass is 32.1. The molecular weight excluding hydrogens is 184 g/mol. The third-order valence-corrected chi connectivity index (χ3v) is 1.81. The van der Waals surface area contributed by atoms with Gasteiger partial charge in [0.05, 0.1) is 12.0 Å². The predicted molar refractivity (Wildman–Crippen MR) is 55.4 cm³/mol. The molecule has 0 heterocycles. The zero-order valence-corrected chi connectivity index (χ0v) is 8.12. The molecule has 1 rings (SSSR count). The smallest absolute Gasteiger partial charge is 0.344 e. The van der Waals surface area contributed by atoms with Crippen molar-refractivity contribution in [2.45, 2.75) is 0 Å². The third-order valence-electron chi connectivity index (χ3n) is 1.50. The summed E-state index contributed by atoms with van der Waals surface area (Å²) in [4.78, 5) is 11.2. The Morgan fingerprint density at radius 1 is 1.38 bits per heavy atom. The van der Waals surface area contributed by atoms with E-state index in [4.69, 9.17) is 0 Å². The standard InChI is InChI=1S/C10H10O2S/c1-12-10(11)9(13)7-8-5-3-2-4-6-8/h2-7,13H,1H3/b9-7+. The lowest BCUT2D eigenvalue weighted by Gasteiger charge is -1.97. The van der Waals surface area contributed by atoms with Crippen molar-refractivity contribution < 1.29 is 9.53 Å². The highest BCUT2D eigenvalue weighted by Gasteiger charge is 2.02. The van der Waals surface area contributed by atoms with E-state index in [1.54, 1.807) is 6.08 Å². The lowest BCUT2D eigenvalue weighted by atomic mass is 10.2. The van der Waals surface area contributed by atoms with Gasteiger partial charge in [-0.25, -0.2) is 4.79 Å². The number of ether oxygens (including phenoxy) is 1. The number of carbonyl (C=O) groups excluding carboxylic acids is 1. The molecule has 2 nitrogen and oxygen atoms in total. The van der Waals surface area contributed by atoms with E-state index in [0.717, 1.165) is 5.56 Å². The van der Waals surface area contributed by atoms with Crippen LogP contribution in [-0.4, -0.2) is 13.1 Å². The third kappa shape index (κ3) is 2.95. The average Bonchev–Trinajstić information content (AvgIpc) is 2.18. The van der Waals surface area contributed by atoms with Crippen molar-refractivity contribution in [3.63, 3.8) is 0 Å². The number of hydrogen-bond donors (Lipinski definition) is 1. The molecule has 0 aromatic heterocycles. The first-order valence-corrected chi connectivity index (χ1v) is 4.23. The molecule has 0 radical (unpaired) electrons. The number of hydrogen-bond acceptors (Lipinski definition) is 3. The summed E-state index contributed by atoms with van der Waals surface area (Å²) in [6.07, 6.45) is 1.66. The molecule has 0 aliphatic heterocycles. The van der Waals surface area contributed by atoms with Gasteiger partial charge in [0.1, 0.15) is 0 Å². The molecule has 0 amide bonds. The van der Waals surface area contributed by atoms with E-state index >= 15 is 0 Å². The van der Waals surface area contributed by atoms with Crippen molar-refractivity contribution in [2.24, 2.45) is 0 Å². The van der Waals surface area contributed by atoms with Crippen LogP contribution in [0.1, 0.15) is 5.56 Å². The summed E-state index contributed by atoms with van der Waals surface area (Å²) in [6.45, 7) is 0. The molecule has 3 heteroatoms. The van der Waals surface area contributed by atoms with Crippen LogP contribution in [-0.2, 0) is 9.53 Å². The Labute approximate surface area is 82.6 Å². The maximum Gasteiger partial charge on any atom is 0.344 e. The summed E-state index contributed by atoms with van der Waals surface area (Å²) in [5, 5.41) is 0. The molecule has 0 saturated carbocycles. The van der Waals surface area contributed by atoms with Crippen LogP contribution in [0.3, 0.4) is 0 Å². The first-order chi connectivity index (χ1) is 6.24. The van der Waals surface area contributed by atoms with Crippen molar-refractivity contribution in [3.05, 3.63) is 40.8 Å². The maximum atomic E-state index is 10.9. The Morgan fingerprint density at radius 2 is 2.00 bits per heavy atom. The van der Waals surface area contributed by atoms with E-state index < -0.39 is 5.97 Å². The van der Waals surface area contributed by atoms with Gasteiger partial charge in [-0.15, -0.1) is 12.6 Å². The second-order valence-electron chi connectivity index (χ2n) is 2.43. The molecule has 0 N–H and O–H groups in total. The first-order valence-electron chi connectivity index (χ1n) is 3.78. The molecule has 0 aliphatic carbocycles. The molecule has 13 heavy (non-hydrogen) atoms. The van der Waals surface area contributed by atoms with Crippen LogP contribution in [0.4, 0.5) is 0 Å². The maximum absolute atomic E-state index is 10.9. The summed E-state index contributed by atoms with van der Waals surface area (Å²) in [5.74, 6) is -0.424. The largest absolute Gasteiger partial charge is 0.465 e. The normalized spacial score (nSPS) is 11.1. The molecule has 0 bridgehead atoms. The van der Waals surface area contributed by atoms with Crippen LogP contribution in [0.5, 0.6) is 0 Å². The van der Waals surface area contributed by atoms with Crippen molar-refractivity contribution in [1.29, 1.82) is 0 Å². The lowest BCUT2D eigenvalue weighted by molar-refractivity contribution is -0.135. The first kappa shape index (κ1) is 9.86. The second kappa shape index (κ2) is 4.72. The van der Waals surface area contributed by atoms with Gasteiger partial charge in [0.25, 0.3) is 0 Å². The monoisotopic (exact) mass is 194 g/mol. The van der Waals surface area contributed by atoms with Gasteiger partial charge in [-0.1, -0.05) is 30.3 Å². The molecule has 1 aromatic rings. The number of methoxy groups -OCH3 is 1. The van der Waals surface area contributed by atoms with Crippen LogP contribution in [0, 0.1) is 0 Å². The molecular formula is C10H10O2S. The minimum Gasteiger partial charge on any atom is -0.465 e. The quantitative estimate of drug-likeness (QED) is 0.443. The molecule has 0 atom stereocenters. The minimum atomic E-state index is -0.424. The SMILES string of the molecule is COC(=O)/C(S)=C\c1ccccc1. The number of rotatable bonds is 2. The van der Waals surface area contributed by atoms with E-state index in [0.29, 0.717) is 4.91 Å². The zero-order chi connectivity index (χ0) is 9.68. The molecule has 0 saturated heterocycles. The van der Waals surface area contributed by atoms with Gasteiger partial charge in [0.15, 0.2) is 0 Å². The van der Waals surface area contributed by atoms with E-state index in [2.05, 4.69) is 17.4 Å². The molecule has 0 spiro atoms. The van der Waals surface area contributed by atoms with Gasteiger partial charge in [0.2, 0.25) is 0 Å². The Balaban J connectivity index is 2.83. The van der Waals surface area contributed by atoms with Gasteiger partial charge < -0.3 is 4.74 Å². The van der Waals surface area contributed by atoms with Crippen LogP contribution in [0.25, 0.3) is 6.08 Å². The van der Waals surface area contributed by atoms with Crippen molar-refractivity contribution in [3.8, 4) is 0 Å². The number of thiol groups is 1. The number of carbonyl (C=O) groups is 1. The summed E-state index contributed by atoms with van der Waals surface area (Å²) in [5.41, 5.74) is 0.929. The van der Waals surface area contributed by atoms with Crippen molar-refractivity contribution in [1.82, 2.24) is 0 Å². The highest BCUT2D eigenvalue weighted by molar-refractivity contribution is 7.85. The van der Waals surface area contributed by atoms with E-state index in [9.17, 15) is 4.79 Å². The van der Waals surface area contributed by atoms with Crippen LogP contribution in [0.2, 0.25) is 0 Å². The lowest BCUT2D eigenvalue weighted by Crippen LogP contribution is -1.99. The Hall–Kier alpha value is -1.22. The Bertz CT molecular complexity index is 317. The van der Waals surface area contributed by atoms with Gasteiger partial charge >= 0.3 is 5.97 Å². The van der Waals surface area contributed by atoms with Gasteiger partial charge in [-0.2, -0.15) is 0 Å². The Kier molecular flexibility index (Phi) is 3.58. The average molecular weight is 194 g/mol. The van der Waals surface area contributed by atoms with Gasteiger partial charge in [-0.3, -0.25) is 0 Å². The van der Waals surface area contributed by atoms with Crippen LogP contribution >= 0.6 is 12.6 Å². The van der Waals surface area contributed by atoms with Crippen LogP contribution in [0.15, 0.2) is 35.2 Å². The number of esters is 1. The summed E-state index contributed by atoms with van der Waals surface area (Å²) in [6, 6.07) is 9.47. The molecule has 0 fully saturated rings. The number of benzene rings is 1. The fourth-order valence-electron chi connectivity index (χ4n) is 0.871. The molecule has 1 aromatic carbocycles. The zero-order valence-electron chi connectivity index (χ0n) is 7.23. The van der Waals surface area contributed by atoms with Gasteiger partial charge in [-0.05, 0) is 11.6 Å². The fraction of sp³-hybridized carbons (Fsp3) is 0.100. The van der Waals surface area contributed by atoms with E-state index in [1.165, 1.54) is 7.11 Å². The van der Waals surface area contributed by atoms with E-state index in [-0.39, 0.29) is 0 Å². The topological polar surface area (TPSA) is 26.3 Å². The van der Waals surface area contributed by atoms with Crippen molar-refractivity contribution >= 4 is 24.7 Å². The molecule has 68 valence electrons. The van der Waals surface area contributed by atoms with Gasteiger partial charge in [0, 0.05) is 0 Å². The summed E-state index contributed by atoms with van der Waals surface area (Å²) in [7, 11) is 1.33. The Morgan fingerprint density at radius 3 is 2.54 bits per heavy atom. The summed E-state index contributed by atoms with van der Waals surface area (Å²) >= 11 is 4.00. The minimum absolute atomic E-state index is 0.300.